The zero-order valence-electron chi connectivity index (χ0n) is 15.0. The molecule has 132 valence electrons. The molecule has 0 spiro atoms. The number of methoxy groups -OCH3 is 1. The van der Waals surface area contributed by atoms with E-state index >= 15 is 0 Å². The van der Waals surface area contributed by atoms with Gasteiger partial charge in [0.1, 0.15) is 5.75 Å². The molecule has 0 heterocycles. The van der Waals surface area contributed by atoms with Crippen LogP contribution in [0, 0.1) is 0 Å². The fourth-order valence-electron chi connectivity index (χ4n) is 2.69. The maximum absolute atomic E-state index is 12.3. The summed E-state index contributed by atoms with van der Waals surface area (Å²) in [5, 5.41) is 3.07. The molecule has 0 aliphatic rings. The lowest BCUT2D eigenvalue weighted by Gasteiger charge is -2.30. The van der Waals surface area contributed by atoms with Gasteiger partial charge in [-0.15, -0.1) is 0 Å². The molecule has 4 heteroatoms. The molecule has 1 atom stereocenters. The first-order valence-corrected chi connectivity index (χ1v) is 8.52. The van der Waals surface area contributed by atoms with Crippen LogP contribution in [0.3, 0.4) is 0 Å². The second-order valence-corrected chi connectivity index (χ2v) is 6.25. The highest BCUT2D eigenvalue weighted by Gasteiger charge is 2.26. The maximum atomic E-state index is 12.3. The molecule has 2 rings (SSSR count). The van der Waals surface area contributed by atoms with Crippen molar-refractivity contribution in [3.8, 4) is 5.75 Å². The molecule has 1 unspecified atom stereocenters. The standard InChI is InChI=1S/C21H25NO3/c1-4-21(2,17-8-6-5-7-9-17)22-20(24)15-14-19(23)16-10-12-18(25-3)13-11-16/h5-13H,4,14-15H2,1-3H3,(H,22,24). The van der Waals surface area contributed by atoms with Crippen molar-refractivity contribution >= 4 is 11.7 Å². The van der Waals surface area contributed by atoms with Gasteiger partial charge in [0.15, 0.2) is 5.78 Å². The van der Waals surface area contributed by atoms with Crippen molar-refractivity contribution in [2.24, 2.45) is 0 Å². The van der Waals surface area contributed by atoms with Crippen LogP contribution in [0.15, 0.2) is 54.6 Å². The van der Waals surface area contributed by atoms with Gasteiger partial charge in [-0.25, -0.2) is 0 Å². The Bertz CT molecular complexity index is 710. The highest BCUT2D eigenvalue weighted by atomic mass is 16.5. The number of carbonyl (C=O) groups excluding carboxylic acids is 2. The third kappa shape index (κ3) is 4.92. The minimum absolute atomic E-state index is 0.0456. The van der Waals surface area contributed by atoms with Gasteiger partial charge in [0.2, 0.25) is 5.91 Å². The van der Waals surface area contributed by atoms with E-state index in [9.17, 15) is 9.59 Å². The van der Waals surface area contributed by atoms with E-state index in [2.05, 4.69) is 5.32 Å². The zero-order chi connectivity index (χ0) is 18.3. The average Bonchev–Trinajstić information content (AvgIpc) is 2.66. The fraction of sp³-hybridized carbons (Fsp3) is 0.333. The van der Waals surface area contributed by atoms with Crippen LogP contribution in [0.2, 0.25) is 0 Å². The van der Waals surface area contributed by atoms with Crippen LogP contribution in [0.4, 0.5) is 0 Å². The van der Waals surface area contributed by atoms with Gasteiger partial charge in [-0.1, -0.05) is 37.3 Å². The summed E-state index contributed by atoms with van der Waals surface area (Å²) in [6, 6.07) is 16.8. The van der Waals surface area contributed by atoms with Crippen LogP contribution in [-0.2, 0) is 10.3 Å². The van der Waals surface area contributed by atoms with Gasteiger partial charge in [-0.3, -0.25) is 9.59 Å². The first-order chi connectivity index (χ1) is 12.0. The van der Waals surface area contributed by atoms with Gasteiger partial charge >= 0.3 is 0 Å². The molecule has 0 radical (unpaired) electrons. The SMILES string of the molecule is CCC(C)(NC(=O)CCC(=O)c1ccc(OC)cc1)c1ccccc1. The Morgan fingerprint density at radius 1 is 1.00 bits per heavy atom. The monoisotopic (exact) mass is 339 g/mol. The normalized spacial score (nSPS) is 12.9. The average molecular weight is 339 g/mol. The molecular weight excluding hydrogens is 314 g/mol. The quantitative estimate of drug-likeness (QED) is 0.737. The summed E-state index contributed by atoms with van der Waals surface area (Å²) in [4.78, 5) is 24.6. The van der Waals surface area contributed by atoms with Crippen LogP contribution in [0.1, 0.15) is 49.0 Å². The van der Waals surface area contributed by atoms with E-state index in [4.69, 9.17) is 4.74 Å². The molecule has 2 aromatic carbocycles. The van der Waals surface area contributed by atoms with Gasteiger partial charge in [-0.2, -0.15) is 0 Å². The van der Waals surface area contributed by atoms with Crippen molar-refractivity contribution in [2.45, 2.75) is 38.6 Å². The number of Topliss-reactive ketones (excluding diaryl/α,β-unsaturated/α-hetero) is 1. The number of ketones is 1. The van der Waals surface area contributed by atoms with E-state index in [0.29, 0.717) is 11.3 Å². The summed E-state index contributed by atoms with van der Waals surface area (Å²) in [5.41, 5.74) is 1.23. The molecule has 0 fully saturated rings. The molecule has 0 aromatic heterocycles. The molecule has 25 heavy (non-hydrogen) atoms. The van der Waals surface area contributed by atoms with Crippen molar-refractivity contribution in [1.82, 2.24) is 5.32 Å². The van der Waals surface area contributed by atoms with Crippen molar-refractivity contribution in [3.05, 3.63) is 65.7 Å². The smallest absolute Gasteiger partial charge is 0.221 e. The van der Waals surface area contributed by atoms with E-state index in [0.717, 1.165) is 12.0 Å². The number of benzene rings is 2. The Kier molecular flexibility index (Phi) is 6.34. The van der Waals surface area contributed by atoms with Crippen LogP contribution in [-0.4, -0.2) is 18.8 Å². The second-order valence-electron chi connectivity index (χ2n) is 6.25. The van der Waals surface area contributed by atoms with Crippen LogP contribution < -0.4 is 10.1 Å². The molecule has 0 saturated carbocycles. The van der Waals surface area contributed by atoms with E-state index < -0.39 is 5.54 Å². The maximum Gasteiger partial charge on any atom is 0.221 e. The lowest BCUT2D eigenvalue weighted by molar-refractivity contribution is -0.123. The number of carbonyl (C=O) groups is 2. The summed E-state index contributed by atoms with van der Waals surface area (Å²) >= 11 is 0. The molecule has 0 aliphatic heterocycles. The summed E-state index contributed by atoms with van der Waals surface area (Å²) in [6.45, 7) is 4.04. The number of amides is 1. The van der Waals surface area contributed by atoms with Crippen molar-refractivity contribution in [1.29, 1.82) is 0 Å². The molecule has 2 aromatic rings. The van der Waals surface area contributed by atoms with Crippen molar-refractivity contribution < 1.29 is 14.3 Å². The van der Waals surface area contributed by atoms with Gasteiger partial charge in [0.25, 0.3) is 0 Å². The van der Waals surface area contributed by atoms with Crippen molar-refractivity contribution in [2.75, 3.05) is 7.11 Å². The third-order valence-corrected chi connectivity index (χ3v) is 4.52. The predicted molar refractivity (Wildman–Crippen MR) is 98.8 cm³/mol. The molecular formula is C21H25NO3. The number of hydrogen-bond acceptors (Lipinski definition) is 3. The summed E-state index contributed by atoms with van der Waals surface area (Å²) in [5.74, 6) is 0.543. The molecule has 4 nitrogen and oxygen atoms in total. The Morgan fingerprint density at radius 2 is 1.64 bits per heavy atom. The molecule has 1 amide bonds. The number of hydrogen-bond donors (Lipinski definition) is 1. The summed E-state index contributed by atoms with van der Waals surface area (Å²) in [6.07, 6.45) is 1.13. The van der Waals surface area contributed by atoms with E-state index in [-0.39, 0.29) is 24.5 Å². The van der Waals surface area contributed by atoms with Gasteiger partial charge in [0.05, 0.1) is 12.6 Å². The first-order valence-electron chi connectivity index (χ1n) is 8.52. The highest BCUT2D eigenvalue weighted by Crippen LogP contribution is 2.24. The molecule has 0 saturated heterocycles. The molecule has 0 bridgehead atoms. The summed E-state index contributed by atoms with van der Waals surface area (Å²) in [7, 11) is 1.58. The number of ether oxygens (including phenoxy) is 1. The van der Waals surface area contributed by atoms with Crippen LogP contribution in [0.5, 0.6) is 5.75 Å². The van der Waals surface area contributed by atoms with E-state index in [1.807, 2.05) is 44.2 Å². The highest BCUT2D eigenvalue weighted by molar-refractivity contribution is 5.98. The van der Waals surface area contributed by atoms with E-state index in [1.165, 1.54) is 0 Å². The third-order valence-electron chi connectivity index (χ3n) is 4.52. The van der Waals surface area contributed by atoms with Gasteiger partial charge in [0, 0.05) is 18.4 Å². The fourth-order valence-corrected chi connectivity index (χ4v) is 2.69. The number of nitrogens with one attached hydrogen (secondary N) is 1. The lowest BCUT2D eigenvalue weighted by Crippen LogP contribution is -2.43. The largest absolute Gasteiger partial charge is 0.497 e. The Labute approximate surface area is 149 Å². The lowest BCUT2D eigenvalue weighted by atomic mass is 9.89. The van der Waals surface area contributed by atoms with Gasteiger partial charge < -0.3 is 10.1 Å². The van der Waals surface area contributed by atoms with Crippen molar-refractivity contribution in [3.63, 3.8) is 0 Å². The Morgan fingerprint density at radius 3 is 2.20 bits per heavy atom. The minimum Gasteiger partial charge on any atom is -0.497 e. The predicted octanol–water partition coefficient (Wildman–Crippen LogP) is 4.10. The molecule has 0 aliphatic carbocycles. The Hall–Kier alpha value is -2.62. The second kappa shape index (κ2) is 8.47. The van der Waals surface area contributed by atoms with Gasteiger partial charge in [-0.05, 0) is 43.2 Å². The number of rotatable bonds is 8. The molecule has 1 N–H and O–H groups in total. The van der Waals surface area contributed by atoms with Crippen LogP contribution >= 0.6 is 0 Å². The Balaban J connectivity index is 1.93. The van der Waals surface area contributed by atoms with Crippen LogP contribution in [0.25, 0.3) is 0 Å². The zero-order valence-corrected chi connectivity index (χ0v) is 15.0. The van der Waals surface area contributed by atoms with E-state index in [1.54, 1.807) is 31.4 Å². The first kappa shape index (κ1) is 18.7. The summed E-state index contributed by atoms with van der Waals surface area (Å²) < 4.78 is 5.08. The minimum atomic E-state index is -0.429. The topological polar surface area (TPSA) is 55.4 Å².